The van der Waals surface area contributed by atoms with Gasteiger partial charge in [-0.05, 0) is 37.3 Å². The van der Waals surface area contributed by atoms with E-state index in [9.17, 15) is 4.79 Å². The highest BCUT2D eigenvalue weighted by Gasteiger charge is 2.20. The van der Waals surface area contributed by atoms with Gasteiger partial charge in [0.1, 0.15) is 5.82 Å². The van der Waals surface area contributed by atoms with E-state index in [4.69, 9.17) is 23.9 Å². The van der Waals surface area contributed by atoms with E-state index in [0.717, 1.165) is 22.7 Å². The molecule has 1 N–H and O–H groups in total. The summed E-state index contributed by atoms with van der Waals surface area (Å²) in [4.78, 5) is 17.8. The van der Waals surface area contributed by atoms with Crippen LogP contribution in [0.1, 0.15) is 16.1 Å². The van der Waals surface area contributed by atoms with Crippen LogP contribution in [0.2, 0.25) is 0 Å². The molecule has 0 fully saturated rings. The fourth-order valence-corrected chi connectivity index (χ4v) is 4.33. The van der Waals surface area contributed by atoms with Crippen molar-refractivity contribution in [3.8, 4) is 39.4 Å². The Hall–Kier alpha value is -4.05. The number of ether oxygens (including phenoxy) is 4. The molecule has 9 nitrogen and oxygen atoms in total. The SMILES string of the molecule is COc1cccc(C(=O)Nc2cc(C)nn2-c2nc(-c3ccc4c(c3)OCO4)cs2)c1OC. The van der Waals surface area contributed by atoms with Gasteiger partial charge in [0, 0.05) is 17.0 Å². The van der Waals surface area contributed by atoms with Gasteiger partial charge in [-0.2, -0.15) is 9.78 Å². The van der Waals surface area contributed by atoms with E-state index >= 15 is 0 Å². The van der Waals surface area contributed by atoms with Crippen LogP contribution in [0.3, 0.4) is 0 Å². The summed E-state index contributed by atoms with van der Waals surface area (Å²) in [7, 11) is 3.02. The fourth-order valence-electron chi connectivity index (χ4n) is 3.53. The Morgan fingerprint density at radius 3 is 2.79 bits per heavy atom. The molecule has 1 aliphatic rings. The van der Waals surface area contributed by atoms with Crippen molar-refractivity contribution in [1.29, 1.82) is 0 Å². The lowest BCUT2D eigenvalue weighted by atomic mass is 10.1. The number of nitrogens with one attached hydrogen (secondary N) is 1. The van der Waals surface area contributed by atoms with Gasteiger partial charge in [-0.3, -0.25) is 4.79 Å². The van der Waals surface area contributed by atoms with Gasteiger partial charge in [0.15, 0.2) is 23.0 Å². The molecule has 2 aromatic heterocycles. The molecule has 0 bridgehead atoms. The summed E-state index contributed by atoms with van der Waals surface area (Å²) in [5.74, 6) is 2.39. The Morgan fingerprint density at radius 2 is 1.97 bits per heavy atom. The predicted octanol–water partition coefficient (Wildman–Crippen LogP) is 4.30. The summed E-state index contributed by atoms with van der Waals surface area (Å²) >= 11 is 1.42. The number of aromatic nitrogens is 3. The third-order valence-electron chi connectivity index (χ3n) is 5.06. The number of hydrogen-bond acceptors (Lipinski definition) is 8. The maximum atomic E-state index is 13.1. The highest BCUT2D eigenvalue weighted by molar-refractivity contribution is 7.12. The van der Waals surface area contributed by atoms with Crippen molar-refractivity contribution in [2.24, 2.45) is 0 Å². The van der Waals surface area contributed by atoms with Crippen molar-refractivity contribution < 1.29 is 23.7 Å². The Bertz CT molecular complexity index is 1350. The first-order chi connectivity index (χ1) is 16.1. The lowest BCUT2D eigenvalue weighted by Crippen LogP contribution is -2.16. The molecule has 0 atom stereocenters. The minimum atomic E-state index is -0.348. The zero-order valence-corrected chi connectivity index (χ0v) is 18.9. The zero-order chi connectivity index (χ0) is 22.9. The van der Waals surface area contributed by atoms with Crippen LogP contribution in [0.15, 0.2) is 47.8 Å². The molecule has 1 aliphatic heterocycles. The van der Waals surface area contributed by atoms with Crippen LogP contribution in [0.5, 0.6) is 23.0 Å². The number of benzene rings is 2. The third-order valence-corrected chi connectivity index (χ3v) is 5.88. The highest BCUT2D eigenvalue weighted by atomic mass is 32.1. The van der Waals surface area contributed by atoms with Crippen LogP contribution >= 0.6 is 11.3 Å². The second kappa shape index (κ2) is 8.47. The molecule has 0 saturated heterocycles. The van der Waals surface area contributed by atoms with E-state index in [0.29, 0.717) is 33.8 Å². The molecule has 4 aromatic rings. The number of methoxy groups -OCH3 is 2. The molecule has 168 valence electrons. The first-order valence-electron chi connectivity index (χ1n) is 10.0. The second-order valence-corrected chi connectivity index (χ2v) is 8.00. The number of aryl methyl sites for hydroxylation is 1. The Balaban J connectivity index is 1.44. The van der Waals surface area contributed by atoms with Crippen LogP contribution in [-0.2, 0) is 0 Å². The second-order valence-electron chi connectivity index (χ2n) is 7.16. The molecule has 10 heteroatoms. The smallest absolute Gasteiger partial charge is 0.260 e. The summed E-state index contributed by atoms with van der Waals surface area (Å²) < 4.78 is 23.1. The summed E-state index contributed by atoms with van der Waals surface area (Å²) in [6.07, 6.45) is 0. The third kappa shape index (κ3) is 3.85. The van der Waals surface area contributed by atoms with E-state index in [-0.39, 0.29) is 12.7 Å². The standard InChI is InChI=1S/C23H20N4O5S/c1-13-9-20(25-22(28)15-5-4-6-18(29-2)21(15)30-3)27(26-13)23-24-16(11-33-23)14-7-8-17-19(10-14)32-12-31-17/h4-11H,12H2,1-3H3,(H,25,28). The number of carbonyl (C=O) groups excluding carboxylic acids is 1. The Kier molecular flexibility index (Phi) is 5.35. The minimum Gasteiger partial charge on any atom is -0.493 e. The van der Waals surface area contributed by atoms with Gasteiger partial charge in [-0.25, -0.2) is 4.98 Å². The van der Waals surface area contributed by atoms with Crippen LogP contribution in [0, 0.1) is 6.92 Å². The zero-order valence-electron chi connectivity index (χ0n) is 18.1. The summed E-state index contributed by atoms with van der Waals surface area (Å²) in [5, 5.41) is 9.97. The van der Waals surface area contributed by atoms with Crippen LogP contribution in [0.4, 0.5) is 5.82 Å². The molecule has 3 heterocycles. The van der Waals surface area contributed by atoms with Crippen LogP contribution in [0.25, 0.3) is 16.4 Å². The molecule has 0 radical (unpaired) electrons. The predicted molar refractivity (Wildman–Crippen MR) is 123 cm³/mol. The first-order valence-corrected chi connectivity index (χ1v) is 10.9. The minimum absolute atomic E-state index is 0.217. The molecular formula is C23H20N4O5S. The molecule has 0 saturated carbocycles. The Morgan fingerprint density at radius 1 is 1.12 bits per heavy atom. The summed E-state index contributed by atoms with van der Waals surface area (Å²) in [6, 6.07) is 12.6. The maximum absolute atomic E-state index is 13.1. The first kappa shape index (κ1) is 20.8. The molecule has 33 heavy (non-hydrogen) atoms. The summed E-state index contributed by atoms with van der Waals surface area (Å²) in [6.45, 7) is 2.07. The number of anilines is 1. The highest BCUT2D eigenvalue weighted by Crippen LogP contribution is 2.37. The van der Waals surface area contributed by atoms with Crippen molar-refractivity contribution in [2.75, 3.05) is 26.3 Å². The van der Waals surface area contributed by atoms with Gasteiger partial charge in [-0.1, -0.05) is 6.07 Å². The van der Waals surface area contributed by atoms with Crippen LogP contribution in [-0.4, -0.2) is 41.7 Å². The van der Waals surface area contributed by atoms with Crippen molar-refractivity contribution in [3.63, 3.8) is 0 Å². The average Bonchev–Trinajstić information content (AvgIpc) is 3.57. The number of hydrogen-bond donors (Lipinski definition) is 1. The average molecular weight is 465 g/mol. The maximum Gasteiger partial charge on any atom is 0.260 e. The lowest BCUT2D eigenvalue weighted by molar-refractivity contribution is 0.102. The Labute approximate surface area is 193 Å². The van der Waals surface area contributed by atoms with Gasteiger partial charge in [0.2, 0.25) is 11.9 Å². The van der Waals surface area contributed by atoms with Gasteiger partial charge in [0.05, 0.1) is 31.2 Å². The number of rotatable bonds is 6. The van der Waals surface area contributed by atoms with E-state index < -0.39 is 0 Å². The van der Waals surface area contributed by atoms with E-state index in [1.165, 1.54) is 25.6 Å². The number of carbonyl (C=O) groups is 1. The monoisotopic (exact) mass is 464 g/mol. The van der Waals surface area contributed by atoms with Gasteiger partial charge in [-0.15, -0.1) is 11.3 Å². The number of para-hydroxylation sites is 1. The fraction of sp³-hybridized carbons (Fsp3) is 0.174. The van der Waals surface area contributed by atoms with Crippen molar-refractivity contribution >= 4 is 23.1 Å². The number of nitrogens with zero attached hydrogens (tertiary/aromatic N) is 3. The van der Waals surface area contributed by atoms with E-state index in [2.05, 4.69) is 10.4 Å². The normalized spacial score (nSPS) is 12.0. The van der Waals surface area contributed by atoms with E-state index in [1.54, 1.807) is 28.9 Å². The lowest BCUT2D eigenvalue weighted by Gasteiger charge is -2.12. The number of amides is 1. The molecule has 0 unspecified atom stereocenters. The quantitative estimate of drug-likeness (QED) is 0.454. The topological polar surface area (TPSA) is 96.7 Å². The van der Waals surface area contributed by atoms with Gasteiger partial charge < -0.3 is 24.3 Å². The molecular weight excluding hydrogens is 444 g/mol. The van der Waals surface area contributed by atoms with Crippen LogP contribution < -0.4 is 24.3 Å². The molecule has 5 rings (SSSR count). The van der Waals surface area contributed by atoms with Crippen molar-refractivity contribution in [3.05, 3.63) is 59.1 Å². The molecule has 0 aliphatic carbocycles. The largest absolute Gasteiger partial charge is 0.493 e. The number of fused-ring (bicyclic) bond motifs is 1. The van der Waals surface area contributed by atoms with Gasteiger partial charge >= 0.3 is 0 Å². The molecule has 1 amide bonds. The van der Waals surface area contributed by atoms with Crippen molar-refractivity contribution in [1.82, 2.24) is 14.8 Å². The van der Waals surface area contributed by atoms with Crippen molar-refractivity contribution in [2.45, 2.75) is 6.92 Å². The van der Waals surface area contributed by atoms with Gasteiger partial charge in [0.25, 0.3) is 5.91 Å². The molecule has 0 spiro atoms. The number of thiazole rings is 1. The summed E-state index contributed by atoms with van der Waals surface area (Å²) in [5.41, 5.74) is 2.76. The van der Waals surface area contributed by atoms with E-state index in [1.807, 2.05) is 30.5 Å². The molecule has 2 aromatic carbocycles.